The molecule has 0 aliphatic carbocycles. The number of nitrogens with one attached hydrogen (secondary N) is 1. The van der Waals surface area contributed by atoms with Gasteiger partial charge in [0, 0.05) is 38.3 Å². The molecule has 1 saturated heterocycles. The number of nitrogens with zero attached hydrogens (tertiary/aromatic N) is 3. The van der Waals surface area contributed by atoms with Crippen molar-refractivity contribution in [1.29, 1.82) is 5.26 Å². The predicted molar refractivity (Wildman–Crippen MR) is 121 cm³/mol. The van der Waals surface area contributed by atoms with Crippen LogP contribution in [0.25, 0.3) is 0 Å². The molecule has 0 unspecified atom stereocenters. The number of H-pyrrole nitrogens is 1. The van der Waals surface area contributed by atoms with Crippen molar-refractivity contribution in [3.8, 4) is 6.07 Å². The van der Waals surface area contributed by atoms with Crippen LogP contribution in [0.3, 0.4) is 0 Å². The Bertz CT molecular complexity index is 1250. The minimum atomic E-state index is -3.60. The molecule has 0 saturated carbocycles. The Morgan fingerprint density at radius 2 is 1.75 bits per heavy atom. The zero-order valence-corrected chi connectivity index (χ0v) is 19.7. The van der Waals surface area contributed by atoms with E-state index in [2.05, 4.69) is 4.98 Å². The Morgan fingerprint density at radius 1 is 1.09 bits per heavy atom. The van der Waals surface area contributed by atoms with Gasteiger partial charge in [0.05, 0.1) is 4.90 Å². The van der Waals surface area contributed by atoms with Crippen molar-refractivity contribution in [1.82, 2.24) is 14.2 Å². The summed E-state index contributed by atoms with van der Waals surface area (Å²) >= 11 is 0. The molecule has 1 aromatic carbocycles. The van der Waals surface area contributed by atoms with Gasteiger partial charge in [-0.15, -0.1) is 0 Å². The van der Waals surface area contributed by atoms with Gasteiger partial charge in [0.15, 0.2) is 0 Å². The summed E-state index contributed by atoms with van der Waals surface area (Å²) in [7, 11) is -3.60. The first-order valence-electron chi connectivity index (χ1n) is 10.5. The number of aromatic amines is 1. The van der Waals surface area contributed by atoms with Gasteiger partial charge in [0.2, 0.25) is 15.9 Å². The molecule has 0 radical (unpaired) electrons. The highest BCUT2D eigenvalue weighted by Gasteiger charge is 2.30. The first kappa shape index (κ1) is 23.7. The number of aromatic nitrogens is 1. The molecule has 8 nitrogen and oxygen atoms in total. The van der Waals surface area contributed by atoms with Crippen LogP contribution >= 0.6 is 0 Å². The maximum atomic E-state index is 13.0. The fourth-order valence-corrected chi connectivity index (χ4v) is 5.52. The van der Waals surface area contributed by atoms with Crippen molar-refractivity contribution in [3.05, 3.63) is 62.1 Å². The summed E-state index contributed by atoms with van der Waals surface area (Å²) in [4.78, 5) is 29.2. The minimum absolute atomic E-state index is 0.0724. The second kappa shape index (κ2) is 9.27. The summed E-state index contributed by atoms with van der Waals surface area (Å²) < 4.78 is 27.4. The normalized spacial score (nSPS) is 14.9. The highest BCUT2D eigenvalue weighted by atomic mass is 32.2. The number of benzene rings is 1. The number of nitriles is 1. The zero-order valence-electron chi connectivity index (χ0n) is 18.9. The van der Waals surface area contributed by atoms with Gasteiger partial charge >= 0.3 is 0 Å². The molecule has 2 aromatic rings. The lowest BCUT2D eigenvalue weighted by Gasteiger charge is -2.34. The molecule has 0 atom stereocenters. The Labute approximate surface area is 188 Å². The number of hydrogen-bond acceptors (Lipinski definition) is 5. The van der Waals surface area contributed by atoms with Gasteiger partial charge in [0.1, 0.15) is 11.6 Å². The maximum Gasteiger partial charge on any atom is 0.266 e. The Hall–Kier alpha value is -2.96. The molecule has 32 heavy (non-hydrogen) atoms. The van der Waals surface area contributed by atoms with E-state index in [0.717, 1.165) is 16.7 Å². The van der Waals surface area contributed by atoms with Gasteiger partial charge in [-0.1, -0.05) is 6.07 Å². The van der Waals surface area contributed by atoms with Crippen LogP contribution in [-0.4, -0.2) is 54.7 Å². The molecular formula is C23H28N4O4S. The number of sulfonamides is 1. The van der Waals surface area contributed by atoms with Gasteiger partial charge < -0.3 is 9.88 Å². The van der Waals surface area contributed by atoms with Gasteiger partial charge in [-0.05, 0) is 68.5 Å². The van der Waals surface area contributed by atoms with Crippen LogP contribution in [0.5, 0.6) is 0 Å². The summed E-state index contributed by atoms with van der Waals surface area (Å²) in [6.45, 7) is 8.45. The van der Waals surface area contributed by atoms with Crippen molar-refractivity contribution < 1.29 is 13.2 Å². The quantitative estimate of drug-likeness (QED) is 0.739. The number of pyridine rings is 1. The molecule has 0 bridgehead atoms. The number of aryl methyl sites for hydroxylation is 3. The lowest BCUT2D eigenvalue weighted by Crippen LogP contribution is -2.50. The average molecular weight is 457 g/mol. The number of carbonyl (C=O) groups is 1. The van der Waals surface area contributed by atoms with E-state index in [1.807, 2.05) is 19.9 Å². The summed E-state index contributed by atoms with van der Waals surface area (Å²) in [5.74, 6) is -0.0725. The molecule has 9 heteroatoms. The Morgan fingerprint density at radius 3 is 2.34 bits per heavy atom. The number of hydrogen-bond donors (Lipinski definition) is 1. The molecule has 2 heterocycles. The summed E-state index contributed by atoms with van der Waals surface area (Å²) in [6, 6.07) is 7.04. The lowest BCUT2D eigenvalue weighted by atomic mass is 9.99. The standard InChI is InChI=1S/C23H28N4O4S/c1-15-5-6-19(13-16(15)2)32(30,31)27-11-9-26(10-12-27)22(28)8-7-20-17(3)21(14-24)23(29)25-18(20)4/h5-6,13H,7-12H2,1-4H3,(H,25,29). The molecule has 0 spiro atoms. The van der Waals surface area contributed by atoms with Gasteiger partial charge in [-0.2, -0.15) is 9.57 Å². The third kappa shape index (κ3) is 4.61. The van der Waals surface area contributed by atoms with E-state index in [4.69, 9.17) is 0 Å². The Balaban J connectivity index is 1.63. The molecule has 170 valence electrons. The number of amides is 1. The monoisotopic (exact) mass is 456 g/mol. The predicted octanol–water partition coefficient (Wildman–Crippen LogP) is 1.95. The number of carbonyl (C=O) groups excluding carboxylic acids is 1. The highest BCUT2D eigenvalue weighted by molar-refractivity contribution is 7.89. The third-order valence-corrected chi connectivity index (χ3v) is 8.11. The fraction of sp³-hybridized carbons (Fsp3) is 0.435. The summed E-state index contributed by atoms with van der Waals surface area (Å²) in [6.07, 6.45) is 0.631. The molecule has 1 aromatic heterocycles. The second-order valence-corrected chi connectivity index (χ2v) is 10.1. The van der Waals surface area contributed by atoms with Crippen LogP contribution in [0.2, 0.25) is 0 Å². The number of piperazine rings is 1. The molecule has 3 rings (SSSR count). The van der Waals surface area contributed by atoms with E-state index in [1.54, 1.807) is 36.9 Å². The van der Waals surface area contributed by atoms with E-state index in [0.29, 0.717) is 30.8 Å². The smallest absolute Gasteiger partial charge is 0.266 e. The zero-order chi connectivity index (χ0) is 23.6. The van der Waals surface area contributed by atoms with Crippen molar-refractivity contribution in [3.63, 3.8) is 0 Å². The molecule has 1 fully saturated rings. The van der Waals surface area contributed by atoms with Crippen molar-refractivity contribution >= 4 is 15.9 Å². The molecule has 1 N–H and O–H groups in total. The largest absolute Gasteiger partial charge is 0.340 e. The molecular weight excluding hydrogens is 428 g/mol. The first-order valence-corrected chi connectivity index (χ1v) is 12.0. The molecule has 1 aliphatic rings. The van der Waals surface area contributed by atoms with Gasteiger partial charge in [0.25, 0.3) is 5.56 Å². The Kier molecular flexibility index (Phi) is 6.86. The average Bonchev–Trinajstić information content (AvgIpc) is 2.75. The molecule has 1 aliphatic heterocycles. The van der Waals surface area contributed by atoms with Crippen molar-refractivity contribution in [2.45, 2.75) is 45.4 Å². The maximum absolute atomic E-state index is 13.0. The van der Waals surface area contributed by atoms with Crippen LogP contribution < -0.4 is 5.56 Å². The SMILES string of the molecule is Cc1ccc(S(=O)(=O)N2CCN(C(=O)CCc3c(C)[nH]c(=O)c(C#N)c3C)CC2)cc1C. The van der Waals surface area contributed by atoms with Crippen LogP contribution in [0.15, 0.2) is 27.9 Å². The van der Waals surface area contributed by atoms with E-state index < -0.39 is 15.6 Å². The van der Waals surface area contributed by atoms with Crippen molar-refractivity contribution in [2.75, 3.05) is 26.2 Å². The van der Waals surface area contributed by atoms with Gasteiger partial charge in [-0.25, -0.2) is 8.42 Å². The first-order chi connectivity index (χ1) is 15.1. The third-order valence-electron chi connectivity index (χ3n) is 6.22. The topological polar surface area (TPSA) is 114 Å². The van der Waals surface area contributed by atoms with E-state index in [-0.39, 0.29) is 35.9 Å². The van der Waals surface area contributed by atoms with Crippen LogP contribution in [0.4, 0.5) is 0 Å². The van der Waals surface area contributed by atoms with Gasteiger partial charge in [-0.3, -0.25) is 9.59 Å². The highest BCUT2D eigenvalue weighted by Crippen LogP contribution is 2.21. The van der Waals surface area contributed by atoms with Crippen LogP contribution in [-0.2, 0) is 21.2 Å². The van der Waals surface area contributed by atoms with Crippen molar-refractivity contribution in [2.24, 2.45) is 0 Å². The second-order valence-electron chi connectivity index (χ2n) is 8.20. The minimum Gasteiger partial charge on any atom is -0.340 e. The summed E-state index contributed by atoms with van der Waals surface area (Å²) in [5.41, 5.74) is 3.67. The molecule has 1 amide bonds. The van der Waals surface area contributed by atoms with E-state index >= 15 is 0 Å². The lowest BCUT2D eigenvalue weighted by molar-refractivity contribution is -0.132. The van der Waals surface area contributed by atoms with E-state index in [9.17, 15) is 23.3 Å². The summed E-state index contributed by atoms with van der Waals surface area (Å²) in [5, 5.41) is 9.20. The van der Waals surface area contributed by atoms with Crippen LogP contribution in [0.1, 0.15) is 39.9 Å². The number of rotatable bonds is 5. The van der Waals surface area contributed by atoms with Crippen LogP contribution in [0, 0.1) is 39.0 Å². The van der Waals surface area contributed by atoms with E-state index in [1.165, 1.54) is 4.31 Å². The fourth-order valence-electron chi connectivity index (χ4n) is 4.01.